The number of benzene rings is 1. The van der Waals surface area contributed by atoms with Crippen molar-refractivity contribution in [3.05, 3.63) is 29.3 Å². The van der Waals surface area contributed by atoms with Crippen LogP contribution in [-0.2, 0) is 6.42 Å². The third kappa shape index (κ3) is 3.22. The Labute approximate surface area is 90.9 Å². The number of ether oxygens (including phenoxy) is 1. The Morgan fingerprint density at radius 1 is 1.47 bits per heavy atom. The zero-order valence-electron chi connectivity index (χ0n) is 9.36. The van der Waals surface area contributed by atoms with Crippen LogP contribution >= 0.6 is 0 Å². The zero-order chi connectivity index (χ0) is 11.3. The highest BCUT2D eigenvalue weighted by Crippen LogP contribution is 2.24. The lowest BCUT2D eigenvalue weighted by molar-refractivity contribution is 0.173. The van der Waals surface area contributed by atoms with Crippen LogP contribution in [0.4, 0.5) is 0 Å². The van der Waals surface area contributed by atoms with E-state index in [-0.39, 0.29) is 0 Å². The van der Waals surface area contributed by atoms with Crippen LogP contribution in [0.1, 0.15) is 17.5 Å². The molecule has 0 bridgehead atoms. The van der Waals surface area contributed by atoms with Gasteiger partial charge in [-0.05, 0) is 30.9 Å². The van der Waals surface area contributed by atoms with Crippen LogP contribution < -0.4 is 10.5 Å². The van der Waals surface area contributed by atoms with Crippen LogP contribution in [0.25, 0.3) is 0 Å². The van der Waals surface area contributed by atoms with Gasteiger partial charge in [0.15, 0.2) is 0 Å². The SMILES string of the molecule is COc1c(C)cccc1CCC(O)CN. The smallest absolute Gasteiger partial charge is 0.124 e. The predicted molar refractivity (Wildman–Crippen MR) is 61.1 cm³/mol. The van der Waals surface area contributed by atoms with Crippen LogP contribution in [0.3, 0.4) is 0 Å². The number of nitrogens with two attached hydrogens (primary N) is 1. The van der Waals surface area contributed by atoms with Gasteiger partial charge in [-0.25, -0.2) is 0 Å². The normalized spacial score (nSPS) is 12.5. The minimum atomic E-state index is -0.421. The quantitative estimate of drug-likeness (QED) is 0.767. The summed E-state index contributed by atoms with van der Waals surface area (Å²) in [6, 6.07) is 6.04. The van der Waals surface area contributed by atoms with E-state index in [0.29, 0.717) is 13.0 Å². The molecular formula is C12H19NO2. The van der Waals surface area contributed by atoms with Gasteiger partial charge in [-0.2, -0.15) is 0 Å². The molecule has 0 heterocycles. The number of para-hydroxylation sites is 1. The van der Waals surface area contributed by atoms with E-state index in [0.717, 1.165) is 23.3 Å². The second kappa shape index (κ2) is 5.73. The van der Waals surface area contributed by atoms with Crippen molar-refractivity contribution in [3.63, 3.8) is 0 Å². The van der Waals surface area contributed by atoms with Crippen LogP contribution in [0.5, 0.6) is 5.75 Å². The molecule has 3 heteroatoms. The Morgan fingerprint density at radius 2 is 2.20 bits per heavy atom. The third-order valence-corrected chi connectivity index (χ3v) is 2.52. The van der Waals surface area contributed by atoms with Crippen molar-refractivity contribution in [1.82, 2.24) is 0 Å². The first-order chi connectivity index (χ1) is 7.19. The zero-order valence-corrected chi connectivity index (χ0v) is 9.36. The monoisotopic (exact) mass is 209 g/mol. The third-order valence-electron chi connectivity index (χ3n) is 2.52. The van der Waals surface area contributed by atoms with Gasteiger partial charge in [0.25, 0.3) is 0 Å². The van der Waals surface area contributed by atoms with Crippen LogP contribution in [0.15, 0.2) is 18.2 Å². The lowest BCUT2D eigenvalue weighted by Gasteiger charge is -2.12. The molecule has 3 N–H and O–H groups in total. The van der Waals surface area contributed by atoms with Crippen molar-refractivity contribution >= 4 is 0 Å². The van der Waals surface area contributed by atoms with Gasteiger partial charge in [0.05, 0.1) is 13.2 Å². The minimum absolute atomic E-state index is 0.314. The first-order valence-corrected chi connectivity index (χ1v) is 5.19. The number of rotatable bonds is 5. The van der Waals surface area contributed by atoms with Crippen LogP contribution in [-0.4, -0.2) is 24.9 Å². The van der Waals surface area contributed by atoms with Crippen molar-refractivity contribution in [3.8, 4) is 5.75 Å². The molecule has 0 aromatic heterocycles. The second-order valence-corrected chi connectivity index (χ2v) is 3.70. The first kappa shape index (κ1) is 12.0. The van der Waals surface area contributed by atoms with Gasteiger partial charge in [0.1, 0.15) is 5.75 Å². The lowest BCUT2D eigenvalue weighted by atomic mass is 10.0. The molecule has 15 heavy (non-hydrogen) atoms. The predicted octanol–water partition coefficient (Wildman–Crippen LogP) is 1.26. The van der Waals surface area contributed by atoms with Crippen LogP contribution in [0, 0.1) is 6.92 Å². The maximum Gasteiger partial charge on any atom is 0.124 e. The summed E-state index contributed by atoms with van der Waals surface area (Å²) in [6.07, 6.45) is 1.05. The maximum atomic E-state index is 9.39. The fourth-order valence-corrected chi connectivity index (χ4v) is 1.64. The summed E-state index contributed by atoms with van der Waals surface area (Å²) in [5.41, 5.74) is 7.61. The number of methoxy groups -OCH3 is 1. The number of aryl methyl sites for hydroxylation is 2. The van der Waals surface area contributed by atoms with E-state index in [2.05, 4.69) is 0 Å². The van der Waals surface area contributed by atoms with Crippen molar-refractivity contribution in [2.45, 2.75) is 25.9 Å². The topological polar surface area (TPSA) is 55.5 Å². The van der Waals surface area contributed by atoms with Crippen molar-refractivity contribution < 1.29 is 9.84 Å². The molecule has 1 aromatic rings. The standard InChI is InChI=1S/C12H19NO2/c1-9-4-3-5-10(12(9)15-2)6-7-11(14)8-13/h3-5,11,14H,6-8,13H2,1-2H3. The molecule has 84 valence electrons. The van der Waals surface area contributed by atoms with E-state index in [1.54, 1.807) is 7.11 Å². The Balaban J connectivity index is 2.72. The van der Waals surface area contributed by atoms with E-state index in [1.807, 2.05) is 25.1 Å². The molecule has 0 spiro atoms. The largest absolute Gasteiger partial charge is 0.496 e. The molecule has 0 radical (unpaired) electrons. The summed E-state index contributed by atoms with van der Waals surface area (Å²) < 4.78 is 5.33. The average molecular weight is 209 g/mol. The lowest BCUT2D eigenvalue weighted by Crippen LogP contribution is -2.20. The number of hydrogen-bond acceptors (Lipinski definition) is 3. The molecule has 0 aliphatic carbocycles. The van der Waals surface area contributed by atoms with Gasteiger partial charge in [-0.3, -0.25) is 0 Å². The van der Waals surface area contributed by atoms with Gasteiger partial charge < -0.3 is 15.6 Å². The van der Waals surface area contributed by atoms with E-state index in [1.165, 1.54) is 0 Å². The summed E-state index contributed by atoms with van der Waals surface area (Å²) in [6.45, 7) is 2.33. The highest BCUT2D eigenvalue weighted by atomic mass is 16.5. The molecule has 3 nitrogen and oxygen atoms in total. The molecule has 0 amide bonds. The van der Waals surface area contributed by atoms with E-state index in [4.69, 9.17) is 10.5 Å². The second-order valence-electron chi connectivity index (χ2n) is 3.70. The molecule has 1 unspecified atom stereocenters. The molecule has 0 aliphatic rings. The highest BCUT2D eigenvalue weighted by Gasteiger charge is 2.07. The molecule has 0 saturated carbocycles. The van der Waals surface area contributed by atoms with Crippen LogP contribution in [0.2, 0.25) is 0 Å². The fraction of sp³-hybridized carbons (Fsp3) is 0.500. The van der Waals surface area contributed by atoms with Gasteiger partial charge in [0.2, 0.25) is 0 Å². The van der Waals surface area contributed by atoms with Gasteiger partial charge >= 0.3 is 0 Å². The molecule has 0 saturated heterocycles. The average Bonchev–Trinajstić information content (AvgIpc) is 2.25. The summed E-state index contributed by atoms with van der Waals surface area (Å²) in [5, 5.41) is 9.39. The Kier molecular flexibility index (Phi) is 4.59. The molecule has 0 aliphatic heterocycles. The van der Waals surface area contributed by atoms with Gasteiger partial charge in [-0.1, -0.05) is 18.2 Å². The Morgan fingerprint density at radius 3 is 2.80 bits per heavy atom. The maximum absolute atomic E-state index is 9.39. The van der Waals surface area contributed by atoms with Crippen molar-refractivity contribution in [2.75, 3.05) is 13.7 Å². The van der Waals surface area contributed by atoms with E-state index < -0.39 is 6.10 Å². The molecule has 1 aromatic carbocycles. The number of aliphatic hydroxyl groups excluding tert-OH is 1. The van der Waals surface area contributed by atoms with Gasteiger partial charge in [-0.15, -0.1) is 0 Å². The molecule has 1 atom stereocenters. The fourth-order valence-electron chi connectivity index (χ4n) is 1.64. The van der Waals surface area contributed by atoms with Crippen molar-refractivity contribution in [1.29, 1.82) is 0 Å². The van der Waals surface area contributed by atoms with E-state index >= 15 is 0 Å². The number of hydrogen-bond donors (Lipinski definition) is 2. The summed E-state index contributed by atoms with van der Waals surface area (Å²) in [7, 11) is 1.67. The Hall–Kier alpha value is -1.06. The first-order valence-electron chi connectivity index (χ1n) is 5.19. The van der Waals surface area contributed by atoms with Gasteiger partial charge in [0, 0.05) is 6.54 Å². The molecule has 1 rings (SSSR count). The highest BCUT2D eigenvalue weighted by molar-refractivity contribution is 5.40. The Bertz CT molecular complexity index is 312. The summed E-state index contributed by atoms with van der Waals surface area (Å²) in [5.74, 6) is 0.918. The summed E-state index contributed by atoms with van der Waals surface area (Å²) in [4.78, 5) is 0. The molecular weight excluding hydrogens is 190 g/mol. The molecule has 0 fully saturated rings. The number of aliphatic hydroxyl groups is 1. The van der Waals surface area contributed by atoms with Crippen molar-refractivity contribution in [2.24, 2.45) is 5.73 Å². The van der Waals surface area contributed by atoms with E-state index in [9.17, 15) is 5.11 Å². The minimum Gasteiger partial charge on any atom is -0.496 e. The summed E-state index contributed by atoms with van der Waals surface area (Å²) >= 11 is 0.